The van der Waals surface area contributed by atoms with Gasteiger partial charge in [-0.1, -0.05) is 0 Å². The first-order valence-electron chi connectivity index (χ1n) is 8.01. The summed E-state index contributed by atoms with van der Waals surface area (Å²) >= 11 is 0. The molecule has 5 heterocycles. The van der Waals surface area contributed by atoms with Crippen molar-refractivity contribution in [3.63, 3.8) is 0 Å². The van der Waals surface area contributed by atoms with E-state index >= 15 is 0 Å². The summed E-state index contributed by atoms with van der Waals surface area (Å²) in [7, 11) is 1.94. The second-order valence-electron chi connectivity index (χ2n) is 6.30. The average Bonchev–Trinajstić information content (AvgIpc) is 3.26. The highest BCUT2D eigenvalue weighted by molar-refractivity contribution is 5.64. The fourth-order valence-corrected chi connectivity index (χ4v) is 3.67. The maximum atomic E-state index is 5.94. The predicted octanol–water partition coefficient (Wildman–Crippen LogP) is 1.50. The first-order chi connectivity index (χ1) is 11.3. The number of morpholine rings is 1. The van der Waals surface area contributed by atoms with Gasteiger partial charge in [0, 0.05) is 38.5 Å². The zero-order valence-electron chi connectivity index (χ0n) is 13.0. The topological polar surface area (TPSA) is 60.5 Å². The van der Waals surface area contributed by atoms with Gasteiger partial charge in [-0.2, -0.15) is 10.2 Å². The Kier molecular flexibility index (Phi) is 2.72. The smallest absolute Gasteiger partial charge is 0.158 e. The Bertz CT molecular complexity index is 856. The Balaban J connectivity index is 1.64. The van der Waals surface area contributed by atoms with Crippen molar-refractivity contribution in [2.75, 3.05) is 18.0 Å². The zero-order chi connectivity index (χ0) is 15.4. The summed E-state index contributed by atoms with van der Waals surface area (Å²) in [5.41, 5.74) is 2.89. The van der Waals surface area contributed by atoms with E-state index in [0.29, 0.717) is 12.2 Å². The maximum absolute atomic E-state index is 5.94. The van der Waals surface area contributed by atoms with Crippen molar-refractivity contribution in [1.82, 2.24) is 24.4 Å². The van der Waals surface area contributed by atoms with Gasteiger partial charge in [0.1, 0.15) is 5.82 Å². The fraction of sp³-hybridized carbons (Fsp3) is 0.438. The molecule has 23 heavy (non-hydrogen) atoms. The molecule has 2 saturated heterocycles. The summed E-state index contributed by atoms with van der Waals surface area (Å²) in [6.45, 7) is 1.83. The van der Waals surface area contributed by atoms with E-state index in [1.165, 1.54) is 0 Å². The van der Waals surface area contributed by atoms with Gasteiger partial charge in [0.25, 0.3) is 0 Å². The SMILES string of the molecule is Cn1nccc1-c1cc(N2CC3CCC(C2)O3)nc2ccnn12. The van der Waals surface area contributed by atoms with Crippen LogP contribution in [0.5, 0.6) is 0 Å². The van der Waals surface area contributed by atoms with Gasteiger partial charge in [-0.15, -0.1) is 0 Å². The number of anilines is 1. The minimum atomic E-state index is 0.344. The molecule has 0 radical (unpaired) electrons. The largest absolute Gasteiger partial charge is 0.371 e. The molecule has 118 valence electrons. The number of fused-ring (bicyclic) bond motifs is 3. The molecule has 2 bridgehead atoms. The van der Waals surface area contributed by atoms with Gasteiger partial charge >= 0.3 is 0 Å². The Morgan fingerprint density at radius 3 is 2.57 bits per heavy atom. The van der Waals surface area contributed by atoms with Gasteiger partial charge in [0.15, 0.2) is 5.65 Å². The predicted molar refractivity (Wildman–Crippen MR) is 85.3 cm³/mol. The van der Waals surface area contributed by atoms with Crippen LogP contribution in [0, 0.1) is 0 Å². The van der Waals surface area contributed by atoms with Crippen LogP contribution < -0.4 is 4.90 Å². The van der Waals surface area contributed by atoms with E-state index in [2.05, 4.69) is 21.2 Å². The molecular formula is C16H18N6O. The highest BCUT2D eigenvalue weighted by Crippen LogP contribution is 2.31. The molecule has 3 aromatic heterocycles. The summed E-state index contributed by atoms with van der Waals surface area (Å²) in [6.07, 6.45) is 6.60. The summed E-state index contributed by atoms with van der Waals surface area (Å²) in [4.78, 5) is 7.14. The van der Waals surface area contributed by atoms with Crippen molar-refractivity contribution in [2.45, 2.75) is 25.0 Å². The lowest BCUT2D eigenvalue weighted by atomic mass is 10.2. The molecule has 2 fully saturated rings. The van der Waals surface area contributed by atoms with Crippen LogP contribution in [0.3, 0.4) is 0 Å². The number of aromatic nitrogens is 5. The third-order valence-electron chi connectivity index (χ3n) is 4.80. The van der Waals surface area contributed by atoms with E-state index in [-0.39, 0.29) is 0 Å². The summed E-state index contributed by atoms with van der Waals surface area (Å²) < 4.78 is 9.68. The molecule has 0 amide bonds. The lowest BCUT2D eigenvalue weighted by Gasteiger charge is -2.33. The molecule has 2 aliphatic rings. The molecule has 0 aliphatic carbocycles. The van der Waals surface area contributed by atoms with Gasteiger partial charge in [-0.05, 0) is 18.9 Å². The van der Waals surface area contributed by atoms with Gasteiger partial charge < -0.3 is 9.64 Å². The second-order valence-corrected chi connectivity index (χ2v) is 6.30. The van der Waals surface area contributed by atoms with E-state index < -0.39 is 0 Å². The van der Waals surface area contributed by atoms with E-state index in [4.69, 9.17) is 9.72 Å². The van der Waals surface area contributed by atoms with Crippen LogP contribution >= 0.6 is 0 Å². The monoisotopic (exact) mass is 310 g/mol. The average molecular weight is 310 g/mol. The number of ether oxygens (including phenoxy) is 1. The van der Waals surface area contributed by atoms with Crippen LogP contribution in [0.25, 0.3) is 17.0 Å². The van der Waals surface area contributed by atoms with Gasteiger partial charge in [0.2, 0.25) is 0 Å². The van der Waals surface area contributed by atoms with Crippen LogP contribution in [-0.2, 0) is 11.8 Å². The van der Waals surface area contributed by atoms with Crippen molar-refractivity contribution in [2.24, 2.45) is 7.05 Å². The van der Waals surface area contributed by atoms with Crippen LogP contribution in [0.2, 0.25) is 0 Å². The highest BCUT2D eigenvalue weighted by atomic mass is 16.5. The van der Waals surface area contributed by atoms with E-state index in [1.807, 2.05) is 28.4 Å². The van der Waals surface area contributed by atoms with E-state index in [9.17, 15) is 0 Å². The maximum Gasteiger partial charge on any atom is 0.158 e. The van der Waals surface area contributed by atoms with Crippen LogP contribution in [0.1, 0.15) is 12.8 Å². The number of hydrogen-bond donors (Lipinski definition) is 0. The minimum Gasteiger partial charge on any atom is -0.371 e. The van der Waals surface area contributed by atoms with Crippen LogP contribution in [0.15, 0.2) is 30.6 Å². The van der Waals surface area contributed by atoms with Gasteiger partial charge in [-0.3, -0.25) is 4.68 Å². The Hall–Kier alpha value is -2.41. The van der Waals surface area contributed by atoms with Gasteiger partial charge in [-0.25, -0.2) is 9.50 Å². The lowest BCUT2D eigenvalue weighted by molar-refractivity contribution is 0.0302. The first-order valence-corrected chi connectivity index (χ1v) is 8.01. The number of aryl methyl sites for hydroxylation is 1. The highest BCUT2D eigenvalue weighted by Gasteiger charge is 2.34. The standard InChI is InChI=1S/C16H18N6O/c1-20-13(4-6-17-20)14-8-16(19-15-5-7-18-22(14)15)21-9-11-2-3-12(10-21)23-11/h4-8,11-12H,2-3,9-10H2,1H3. The lowest BCUT2D eigenvalue weighted by Crippen LogP contribution is -2.43. The Labute approximate surface area is 133 Å². The van der Waals surface area contributed by atoms with Crippen molar-refractivity contribution in [3.8, 4) is 11.4 Å². The Morgan fingerprint density at radius 2 is 1.83 bits per heavy atom. The number of rotatable bonds is 2. The zero-order valence-corrected chi connectivity index (χ0v) is 13.0. The van der Waals surface area contributed by atoms with Crippen molar-refractivity contribution in [3.05, 3.63) is 30.6 Å². The molecule has 2 aliphatic heterocycles. The summed E-state index contributed by atoms with van der Waals surface area (Å²) in [5, 5.41) is 8.70. The normalized spacial score (nSPS) is 23.8. The molecule has 0 saturated carbocycles. The molecule has 0 N–H and O–H groups in total. The van der Waals surface area contributed by atoms with Crippen molar-refractivity contribution < 1.29 is 4.74 Å². The van der Waals surface area contributed by atoms with Crippen LogP contribution in [-0.4, -0.2) is 49.7 Å². The number of hydrogen-bond acceptors (Lipinski definition) is 5. The third kappa shape index (κ3) is 2.03. The Morgan fingerprint density at radius 1 is 1.04 bits per heavy atom. The molecule has 7 heteroatoms. The van der Waals surface area contributed by atoms with Crippen molar-refractivity contribution >= 4 is 11.5 Å². The first kappa shape index (κ1) is 13.1. The molecule has 5 rings (SSSR count). The molecule has 0 aromatic carbocycles. The van der Waals surface area contributed by atoms with E-state index in [0.717, 1.165) is 48.8 Å². The minimum absolute atomic E-state index is 0.344. The fourth-order valence-electron chi connectivity index (χ4n) is 3.67. The van der Waals surface area contributed by atoms with Crippen LogP contribution in [0.4, 0.5) is 5.82 Å². The molecule has 2 unspecified atom stereocenters. The molecule has 7 nitrogen and oxygen atoms in total. The molecule has 3 aromatic rings. The third-order valence-corrected chi connectivity index (χ3v) is 4.80. The molecule has 0 spiro atoms. The van der Waals surface area contributed by atoms with Crippen molar-refractivity contribution in [1.29, 1.82) is 0 Å². The quantitative estimate of drug-likeness (QED) is 0.718. The second kappa shape index (κ2) is 4.79. The van der Waals surface area contributed by atoms with E-state index in [1.54, 1.807) is 12.4 Å². The summed E-state index contributed by atoms with van der Waals surface area (Å²) in [6, 6.07) is 6.06. The molecular weight excluding hydrogens is 292 g/mol. The van der Waals surface area contributed by atoms with Gasteiger partial charge in [0.05, 0.1) is 29.8 Å². The number of nitrogens with zero attached hydrogens (tertiary/aromatic N) is 6. The summed E-state index contributed by atoms with van der Waals surface area (Å²) in [5.74, 6) is 0.995. The molecule has 2 atom stereocenters.